The smallest absolute Gasteiger partial charge is 0.261 e. The third-order valence-electron chi connectivity index (χ3n) is 4.33. The van der Waals surface area contributed by atoms with Crippen molar-refractivity contribution in [1.29, 1.82) is 0 Å². The number of sulfonamides is 1. The highest BCUT2D eigenvalue weighted by atomic mass is 35.5. The van der Waals surface area contributed by atoms with Gasteiger partial charge in [-0.1, -0.05) is 23.8 Å². The Kier molecular flexibility index (Phi) is 5.53. The fourth-order valence-electron chi connectivity index (χ4n) is 2.76. The molecule has 0 aliphatic carbocycles. The summed E-state index contributed by atoms with van der Waals surface area (Å²) in [4.78, 5) is 14.3. The van der Waals surface area contributed by atoms with Crippen LogP contribution < -0.4 is 4.72 Å². The maximum absolute atomic E-state index is 13.0. The van der Waals surface area contributed by atoms with Crippen LogP contribution in [0.4, 0.5) is 10.1 Å². The van der Waals surface area contributed by atoms with Crippen molar-refractivity contribution in [3.63, 3.8) is 0 Å². The summed E-state index contributed by atoms with van der Waals surface area (Å²) >= 11 is 6.14. The van der Waals surface area contributed by atoms with Gasteiger partial charge in [0.25, 0.3) is 15.9 Å². The first kappa shape index (κ1) is 19.4. The highest BCUT2D eigenvalue weighted by molar-refractivity contribution is 7.92. The van der Waals surface area contributed by atoms with Gasteiger partial charge >= 0.3 is 0 Å². The molecule has 0 aromatic heterocycles. The molecule has 8 heteroatoms. The van der Waals surface area contributed by atoms with Crippen molar-refractivity contribution in [2.24, 2.45) is 0 Å². The fraction of sp³-hybridized carbons (Fsp3) is 0.211. The quantitative estimate of drug-likeness (QED) is 0.775. The first-order valence-corrected chi connectivity index (χ1v) is 10.2. The minimum Gasteiger partial charge on any atom is -0.338 e. The lowest BCUT2D eigenvalue weighted by Crippen LogP contribution is -2.36. The van der Waals surface area contributed by atoms with E-state index in [1.165, 1.54) is 30.3 Å². The molecule has 0 radical (unpaired) electrons. The van der Waals surface area contributed by atoms with E-state index < -0.39 is 15.8 Å². The molecule has 1 saturated heterocycles. The van der Waals surface area contributed by atoms with Gasteiger partial charge in [0.05, 0.1) is 15.5 Å². The molecule has 2 aromatic rings. The zero-order valence-electron chi connectivity index (χ0n) is 14.4. The van der Waals surface area contributed by atoms with E-state index in [-0.39, 0.29) is 27.1 Å². The minimum absolute atomic E-state index is 0.0963. The highest BCUT2D eigenvalue weighted by Gasteiger charge is 2.24. The van der Waals surface area contributed by atoms with Crippen molar-refractivity contribution >= 4 is 33.2 Å². The van der Waals surface area contributed by atoms with E-state index in [4.69, 9.17) is 11.6 Å². The number of hydrogen-bond donors (Lipinski definition) is 1. The van der Waals surface area contributed by atoms with E-state index in [0.29, 0.717) is 25.9 Å². The molecule has 1 aliphatic rings. The Morgan fingerprint density at radius 3 is 2.37 bits per heavy atom. The Balaban J connectivity index is 1.86. The molecular formula is C19H18ClFN2O3S. The number of hydrogen-bond acceptors (Lipinski definition) is 3. The lowest BCUT2D eigenvalue weighted by Gasteiger charge is -2.28. The van der Waals surface area contributed by atoms with Crippen LogP contribution in [0.15, 0.2) is 59.5 Å². The molecule has 0 atom stereocenters. The van der Waals surface area contributed by atoms with Crippen LogP contribution in [0, 0.1) is 5.82 Å². The standard InChI is InChI=1S/C19H18ClFN2O3S/c1-13-8-10-23(11-9-13)19(24)17-12-16(6-7-18(17)20)27(25,26)22-15-4-2-14(21)3-5-15/h2-7,12,22H,1,8-11H2. The molecule has 0 spiro atoms. The number of carbonyl (C=O) groups is 1. The van der Waals surface area contributed by atoms with Gasteiger partial charge in [0.2, 0.25) is 0 Å². The van der Waals surface area contributed by atoms with Crippen LogP contribution in [0.2, 0.25) is 5.02 Å². The lowest BCUT2D eigenvalue weighted by molar-refractivity contribution is 0.0743. The molecule has 1 N–H and O–H groups in total. The molecule has 1 fully saturated rings. The lowest BCUT2D eigenvalue weighted by atomic mass is 10.0. The van der Waals surface area contributed by atoms with Gasteiger partial charge in [0, 0.05) is 18.8 Å². The van der Waals surface area contributed by atoms with Gasteiger partial charge in [0.15, 0.2) is 0 Å². The molecule has 1 heterocycles. The predicted molar refractivity (Wildman–Crippen MR) is 103 cm³/mol. The third-order valence-corrected chi connectivity index (χ3v) is 6.04. The van der Waals surface area contributed by atoms with Gasteiger partial charge in [-0.2, -0.15) is 0 Å². The van der Waals surface area contributed by atoms with Crippen LogP contribution in [0.1, 0.15) is 23.2 Å². The zero-order chi connectivity index (χ0) is 19.6. The average Bonchev–Trinajstić information content (AvgIpc) is 2.64. The molecule has 5 nitrogen and oxygen atoms in total. The number of halogens is 2. The Morgan fingerprint density at radius 2 is 1.74 bits per heavy atom. The summed E-state index contributed by atoms with van der Waals surface area (Å²) in [5.74, 6) is -0.784. The van der Waals surface area contributed by atoms with Crippen LogP contribution >= 0.6 is 11.6 Å². The summed E-state index contributed by atoms with van der Waals surface area (Å²) in [6.07, 6.45) is 1.43. The van der Waals surface area contributed by atoms with E-state index in [2.05, 4.69) is 11.3 Å². The van der Waals surface area contributed by atoms with Crippen molar-refractivity contribution in [1.82, 2.24) is 4.90 Å². The average molecular weight is 409 g/mol. The molecule has 3 rings (SSSR count). The predicted octanol–water partition coefficient (Wildman–Crippen LogP) is 4.07. The van der Waals surface area contributed by atoms with Crippen LogP contribution in [0.5, 0.6) is 0 Å². The summed E-state index contributed by atoms with van der Waals surface area (Å²) in [5.41, 5.74) is 1.44. The van der Waals surface area contributed by atoms with Gasteiger partial charge in [0.1, 0.15) is 5.82 Å². The van der Waals surface area contributed by atoms with Crippen LogP contribution in [0.3, 0.4) is 0 Å². The topological polar surface area (TPSA) is 66.5 Å². The minimum atomic E-state index is -3.95. The summed E-state index contributed by atoms with van der Waals surface area (Å²) in [6, 6.07) is 8.91. The first-order valence-electron chi connectivity index (χ1n) is 8.30. The molecule has 0 saturated carbocycles. The Labute approximate surface area is 162 Å². The SMILES string of the molecule is C=C1CCN(C(=O)c2cc(S(=O)(=O)Nc3ccc(F)cc3)ccc2Cl)CC1. The van der Waals surface area contributed by atoms with Crippen molar-refractivity contribution in [2.45, 2.75) is 17.7 Å². The zero-order valence-corrected chi connectivity index (χ0v) is 16.0. The number of amides is 1. The molecule has 27 heavy (non-hydrogen) atoms. The van der Waals surface area contributed by atoms with E-state index in [1.807, 2.05) is 0 Å². The monoisotopic (exact) mass is 408 g/mol. The van der Waals surface area contributed by atoms with Crippen molar-refractivity contribution in [3.8, 4) is 0 Å². The summed E-state index contributed by atoms with van der Waals surface area (Å²) in [5, 5.41) is 0.185. The highest BCUT2D eigenvalue weighted by Crippen LogP contribution is 2.25. The maximum Gasteiger partial charge on any atom is 0.261 e. The molecule has 0 bridgehead atoms. The number of benzene rings is 2. The Hall–Kier alpha value is -2.38. The largest absolute Gasteiger partial charge is 0.338 e. The second kappa shape index (κ2) is 7.70. The molecule has 2 aromatic carbocycles. The molecule has 142 valence electrons. The van der Waals surface area contributed by atoms with Crippen molar-refractivity contribution in [3.05, 3.63) is 71.0 Å². The number of piperidine rings is 1. The number of nitrogens with zero attached hydrogens (tertiary/aromatic N) is 1. The third kappa shape index (κ3) is 4.48. The van der Waals surface area contributed by atoms with E-state index >= 15 is 0 Å². The molecule has 0 unspecified atom stereocenters. The van der Waals surface area contributed by atoms with Gasteiger partial charge in [-0.05, 0) is 55.3 Å². The van der Waals surface area contributed by atoms with E-state index in [9.17, 15) is 17.6 Å². The first-order chi connectivity index (χ1) is 12.8. The molecule has 1 amide bonds. The number of carbonyl (C=O) groups excluding carboxylic acids is 1. The van der Waals surface area contributed by atoms with Crippen LogP contribution in [-0.2, 0) is 10.0 Å². The van der Waals surface area contributed by atoms with Crippen molar-refractivity contribution < 1.29 is 17.6 Å². The van der Waals surface area contributed by atoms with E-state index in [0.717, 1.165) is 17.7 Å². The Morgan fingerprint density at radius 1 is 1.11 bits per heavy atom. The number of rotatable bonds is 4. The molecule has 1 aliphatic heterocycles. The summed E-state index contributed by atoms with van der Waals surface area (Å²) in [6.45, 7) is 4.97. The van der Waals surface area contributed by atoms with Crippen LogP contribution in [0.25, 0.3) is 0 Å². The van der Waals surface area contributed by atoms with Crippen molar-refractivity contribution in [2.75, 3.05) is 17.8 Å². The summed E-state index contributed by atoms with van der Waals surface area (Å²) in [7, 11) is -3.95. The van der Waals surface area contributed by atoms with Gasteiger partial charge in [-0.15, -0.1) is 0 Å². The number of nitrogens with one attached hydrogen (secondary N) is 1. The van der Waals surface area contributed by atoms with Gasteiger partial charge < -0.3 is 4.90 Å². The molecular weight excluding hydrogens is 391 g/mol. The van der Waals surface area contributed by atoms with E-state index in [1.54, 1.807) is 4.90 Å². The number of likely N-dealkylation sites (tertiary alicyclic amines) is 1. The number of anilines is 1. The second-order valence-electron chi connectivity index (χ2n) is 6.30. The second-order valence-corrected chi connectivity index (χ2v) is 8.39. The Bertz CT molecular complexity index is 981. The maximum atomic E-state index is 13.0. The van der Waals surface area contributed by atoms with Gasteiger partial charge in [-0.3, -0.25) is 9.52 Å². The normalized spacial score (nSPS) is 14.9. The van der Waals surface area contributed by atoms with Crippen LogP contribution in [-0.4, -0.2) is 32.3 Å². The van der Waals surface area contributed by atoms with Gasteiger partial charge in [-0.25, -0.2) is 12.8 Å². The fourth-order valence-corrected chi connectivity index (χ4v) is 4.05. The summed E-state index contributed by atoms with van der Waals surface area (Å²) < 4.78 is 40.6.